The molecule has 0 heterocycles. The molecule has 0 fully saturated rings. The number of nitrogens with two attached hydrogens (primary N) is 1. The predicted molar refractivity (Wildman–Crippen MR) is 57.7 cm³/mol. The molecule has 58 valence electrons. The van der Waals surface area contributed by atoms with Gasteiger partial charge in [-0.2, -0.15) is 0 Å². The molecule has 1 rings (SSSR count). The van der Waals surface area contributed by atoms with Crippen molar-refractivity contribution in [3.05, 3.63) is 32.7 Å². The van der Waals surface area contributed by atoms with E-state index in [0.717, 1.165) is 14.5 Å². The van der Waals surface area contributed by atoms with E-state index in [9.17, 15) is 0 Å². The summed E-state index contributed by atoms with van der Waals surface area (Å²) in [7, 11) is 0. The smallest absolute Gasteiger partial charge is 0.105 e. The molecule has 0 aliphatic rings. The maximum atomic E-state index is 5.46. The van der Waals surface area contributed by atoms with Crippen molar-refractivity contribution in [3.63, 3.8) is 0 Å². The van der Waals surface area contributed by atoms with Crippen LogP contribution in [0.2, 0.25) is 0 Å². The summed E-state index contributed by atoms with van der Waals surface area (Å²) >= 11 is 11.5. The predicted octanol–water partition coefficient (Wildman–Crippen LogP) is 2.85. The van der Waals surface area contributed by atoms with Crippen molar-refractivity contribution in [1.82, 2.24) is 0 Å². The molecule has 0 atom stereocenters. The Balaban J connectivity index is 3.23. The van der Waals surface area contributed by atoms with Gasteiger partial charge in [-0.15, -0.1) is 0 Å². The average Bonchev–Trinajstić information content (AvgIpc) is 1.94. The second kappa shape index (κ2) is 3.65. The van der Waals surface area contributed by atoms with Crippen LogP contribution in [0.4, 0.5) is 0 Å². The van der Waals surface area contributed by atoms with Gasteiger partial charge in [-0.25, -0.2) is 0 Å². The lowest BCUT2D eigenvalue weighted by Crippen LogP contribution is -2.09. The third-order valence-corrected chi connectivity index (χ3v) is 2.60. The molecule has 4 heteroatoms. The van der Waals surface area contributed by atoms with Crippen molar-refractivity contribution < 1.29 is 0 Å². The first kappa shape index (κ1) is 9.16. The van der Waals surface area contributed by atoms with Crippen molar-refractivity contribution in [2.75, 3.05) is 0 Å². The van der Waals surface area contributed by atoms with Crippen molar-refractivity contribution in [2.45, 2.75) is 0 Å². The minimum absolute atomic E-state index is 0.401. The molecule has 1 aromatic carbocycles. The minimum atomic E-state index is 0.401. The van der Waals surface area contributed by atoms with Gasteiger partial charge in [0.2, 0.25) is 0 Å². The van der Waals surface area contributed by atoms with Gasteiger partial charge in [-0.3, -0.25) is 0 Å². The first-order valence-electron chi connectivity index (χ1n) is 2.86. The number of hydrogen-bond donors (Lipinski definition) is 1. The van der Waals surface area contributed by atoms with Crippen LogP contribution >= 0.6 is 44.1 Å². The maximum absolute atomic E-state index is 5.46. The van der Waals surface area contributed by atoms with Crippen LogP contribution in [0.25, 0.3) is 0 Å². The number of halogens is 2. The molecule has 0 saturated carbocycles. The molecule has 2 N–H and O–H groups in total. The van der Waals surface area contributed by atoms with Gasteiger partial charge in [0.05, 0.1) is 0 Å². The summed E-state index contributed by atoms with van der Waals surface area (Å²) in [5.74, 6) is 0. The van der Waals surface area contributed by atoms with Gasteiger partial charge < -0.3 is 5.73 Å². The summed E-state index contributed by atoms with van der Waals surface area (Å²) < 4.78 is 1.90. The molecule has 1 aromatic rings. The number of hydrogen-bond acceptors (Lipinski definition) is 1. The molecule has 0 aromatic heterocycles. The summed E-state index contributed by atoms with van der Waals surface area (Å²) in [6.45, 7) is 0. The van der Waals surface area contributed by atoms with E-state index in [2.05, 4.69) is 31.9 Å². The summed E-state index contributed by atoms with van der Waals surface area (Å²) in [6, 6.07) is 5.71. The van der Waals surface area contributed by atoms with Gasteiger partial charge >= 0.3 is 0 Å². The summed E-state index contributed by atoms with van der Waals surface area (Å²) in [6.07, 6.45) is 0. The van der Waals surface area contributed by atoms with Crippen molar-refractivity contribution in [3.8, 4) is 0 Å². The zero-order chi connectivity index (χ0) is 8.43. The van der Waals surface area contributed by atoms with Crippen molar-refractivity contribution in [1.29, 1.82) is 0 Å². The Morgan fingerprint density at radius 1 is 1.36 bits per heavy atom. The van der Waals surface area contributed by atoms with Gasteiger partial charge in [0, 0.05) is 14.5 Å². The fourth-order valence-corrected chi connectivity index (χ4v) is 1.81. The maximum Gasteiger partial charge on any atom is 0.105 e. The lowest BCUT2D eigenvalue weighted by molar-refractivity contribution is 1.54. The first-order valence-corrected chi connectivity index (χ1v) is 4.85. The molecule has 0 unspecified atom stereocenters. The fraction of sp³-hybridized carbons (Fsp3) is 0. The van der Waals surface area contributed by atoms with E-state index in [1.165, 1.54) is 0 Å². The molecule has 0 aliphatic carbocycles. The van der Waals surface area contributed by atoms with Gasteiger partial charge in [0.1, 0.15) is 4.99 Å². The van der Waals surface area contributed by atoms with E-state index in [1.807, 2.05) is 18.2 Å². The van der Waals surface area contributed by atoms with Crippen LogP contribution in [-0.4, -0.2) is 4.99 Å². The van der Waals surface area contributed by atoms with Crippen LogP contribution in [0.1, 0.15) is 5.56 Å². The lowest BCUT2D eigenvalue weighted by Gasteiger charge is -2.01. The van der Waals surface area contributed by atoms with E-state index in [0.29, 0.717) is 4.99 Å². The normalized spacial score (nSPS) is 9.64. The van der Waals surface area contributed by atoms with Gasteiger partial charge in [-0.05, 0) is 18.2 Å². The molecule has 0 amide bonds. The molecule has 1 nitrogen and oxygen atoms in total. The van der Waals surface area contributed by atoms with Crippen molar-refractivity contribution in [2.24, 2.45) is 5.73 Å². The lowest BCUT2D eigenvalue weighted by atomic mass is 10.2. The molecular formula is C7H5Br2NS. The SMILES string of the molecule is NC(=S)c1cc(Br)ccc1Br. The highest BCUT2D eigenvalue weighted by atomic mass is 79.9. The molecule has 0 aliphatic heterocycles. The van der Waals surface area contributed by atoms with Gasteiger partial charge in [0.25, 0.3) is 0 Å². The molecule has 11 heavy (non-hydrogen) atoms. The Kier molecular flexibility index (Phi) is 3.04. The van der Waals surface area contributed by atoms with Crippen LogP contribution < -0.4 is 5.73 Å². The highest BCUT2D eigenvalue weighted by molar-refractivity contribution is 9.11. The quantitative estimate of drug-likeness (QED) is 0.806. The average molecular weight is 295 g/mol. The Labute approximate surface area is 87.2 Å². The van der Waals surface area contributed by atoms with Crippen LogP contribution in [0.5, 0.6) is 0 Å². The number of benzene rings is 1. The molecule has 0 spiro atoms. The molecule has 0 bridgehead atoms. The minimum Gasteiger partial charge on any atom is -0.389 e. The fourth-order valence-electron chi connectivity index (χ4n) is 0.686. The summed E-state index contributed by atoms with van der Waals surface area (Å²) in [4.78, 5) is 0.401. The van der Waals surface area contributed by atoms with E-state index in [1.54, 1.807) is 0 Å². The van der Waals surface area contributed by atoms with E-state index in [-0.39, 0.29) is 0 Å². The largest absolute Gasteiger partial charge is 0.389 e. The Morgan fingerprint density at radius 2 is 2.00 bits per heavy atom. The second-order valence-electron chi connectivity index (χ2n) is 1.99. The monoisotopic (exact) mass is 293 g/mol. The van der Waals surface area contributed by atoms with E-state index >= 15 is 0 Å². The summed E-state index contributed by atoms with van der Waals surface area (Å²) in [5, 5.41) is 0. The molecule has 0 saturated heterocycles. The third kappa shape index (κ3) is 2.25. The number of thiocarbonyl (C=S) groups is 1. The van der Waals surface area contributed by atoms with Crippen LogP contribution in [0.15, 0.2) is 27.1 Å². The van der Waals surface area contributed by atoms with E-state index in [4.69, 9.17) is 18.0 Å². The van der Waals surface area contributed by atoms with Crippen LogP contribution in [0, 0.1) is 0 Å². The highest BCUT2D eigenvalue weighted by Crippen LogP contribution is 2.21. The Morgan fingerprint density at radius 3 is 2.45 bits per heavy atom. The van der Waals surface area contributed by atoms with Gasteiger partial charge in [0.15, 0.2) is 0 Å². The number of rotatable bonds is 1. The van der Waals surface area contributed by atoms with Crippen LogP contribution in [0.3, 0.4) is 0 Å². The highest BCUT2D eigenvalue weighted by Gasteiger charge is 2.01. The Hall–Kier alpha value is 0.0700. The molecular weight excluding hydrogens is 290 g/mol. The van der Waals surface area contributed by atoms with Crippen LogP contribution in [-0.2, 0) is 0 Å². The Bertz CT molecular complexity index is 298. The van der Waals surface area contributed by atoms with E-state index < -0.39 is 0 Å². The second-order valence-corrected chi connectivity index (χ2v) is 4.20. The van der Waals surface area contributed by atoms with Gasteiger partial charge in [-0.1, -0.05) is 44.1 Å². The topological polar surface area (TPSA) is 26.0 Å². The zero-order valence-corrected chi connectivity index (χ0v) is 9.46. The third-order valence-electron chi connectivity index (χ3n) is 1.19. The zero-order valence-electron chi connectivity index (χ0n) is 5.47. The molecule has 0 radical (unpaired) electrons. The standard InChI is InChI=1S/C7H5Br2NS/c8-4-1-2-6(9)5(3-4)7(10)11/h1-3H,(H2,10,11). The van der Waals surface area contributed by atoms with Crippen molar-refractivity contribution >= 4 is 49.1 Å². The first-order chi connectivity index (χ1) is 5.11. The summed E-state index contributed by atoms with van der Waals surface area (Å²) in [5.41, 5.74) is 6.32.